The van der Waals surface area contributed by atoms with Gasteiger partial charge in [0.1, 0.15) is 5.75 Å². The molecule has 0 saturated heterocycles. The van der Waals surface area contributed by atoms with Crippen molar-refractivity contribution in [3.63, 3.8) is 0 Å². The normalized spacial score (nSPS) is 11.7. The monoisotopic (exact) mass is 419 g/mol. The minimum absolute atomic E-state index is 0.0106. The van der Waals surface area contributed by atoms with E-state index in [0.29, 0.717) is 27.4 Å². The Hall–Kier alpha value is -3.78. The summed E-state index contributed by atoms with van der Waals surface area (Å²) < 4.78 is 7.89. The number of nitro groups is 1. The molecule has 3 aromatic carbocycles. The van der Waals surface area contributed by atoms with Gasteiger partial charge in [-0.3, -0.25) is 14.9 Å². The van der Waals surface area contributed by atoms with Gasteiger partial charge in [0.25, 0.3) is 11.6 Å². The zero-order chi connectivity index (χ0) is 21.3. The highest BCUT2D eigenvalue weighted by Gasteiger charge is 2.16. The van der Waals surface area contributed by atoms with E-state index in [4.69, 9.17) is 4.74 Å². The van der Waals surface area contributed by atoms with Gasteiger partial charge in [-0.25, -0.2) is 0 Å². The minimum atomic E-state index is -0.448. The Morgan fingerprint density at radius 2 is 1.97 bits per heavy atom. The van der Waals surface area contributed by atoms with Crippen molar-refractivity contribution in [3.8, 4) is 5.75 Å². The number of ether oxygens (including phenoxy) is 1. The third-order valence-corrected chi connectivity index (χ3v) is 5.73. The van der Waals surface area contributed by atoms with Gasteiger partial charge in [-0.1, -0.05) is 41.7 Å². The number of amides is 1. The number of carbonyl (C=O) groups is 1. The third-order valence-electron chi connectivity index (χ3n) is 4.68. The fourth-order valence-electron chi connectivity index (χ4n) is 3.27. The van der Waals surface area contributed by atoms with Crippen LogP contribution in [0.3, 0.4) is 0 Å². The number of carbonyl (C=O) groups excluding carboxylic acids is 1. The maximum atomic E-state index is 13.1. The minimum Gasteiger partial charge on any atom is -0.496 e. The van der Waals surface area contributed by atoms with E-state index in [-0.39, 0.29) is 5.69 Å². The molecular formula is C22H17N3O4S. The van der Waals surface area contributed by atoms with E-state index in [9.17, 15) is 14.9 Å². The smallest absolute Gasteiger partial charge is 0.283 e. The average Bonchev–Trinajstić information content (AvgIpc) is 3.09. The van der Waals surface area contributed by atoms with Crippen LogP contribution < -0.4 is 9.54 Å². The lowest BCUT2D eigenvalue weighted by molar-refractivity contribution is -0.384. The first-order chi connectivity index (χ1) is 14.5. The number of hydrogen-bond donors (Lipinski definition) is 0. The van der Waals surface area contributed by atoms with Gasteiger partial charge in [0, 0.05) is 18.7 Å². The Bertz CT molecular complexity index is 1380. The summed E-state index contributed by atoms with van der Waals surface area (Å²) in [6.45, 7) is 4.17. The molecule has 0 radical (unpaired) electrons. The topological polar surface area (TPSA) is 86.7 Å². The number of non-ortho nitro benzene ring substituents is 1. The molecule has 0 saturated carbocycles. The molecule has 0 aliphatic carbocycles. The second-order valence-electron chi connectivity index (χ2n) is 6.51. The molecule has 1 heterocycles. The summed E-state index contributed by atoms with van der Waals surface area (Å²) >= 11 is 1.22. The second kappa shape index (κ2) is 7.92. The lowest BCUT2D eigenvalue weighted by Gasteiger charge is -2.07. The van der Waals surface area contributed by atoms with Crippen molar-refractivity contribution in [3.05, 3.63) is 87.7 Å². The van der Waals surface area contributed by atoms with Gasteiger partial charge >= 0.3 is 0 Å². The van der Waals surface area contributed by atoms with Gasteiger partial charge in [-0.2, -0.15) is 4.99 Å². The number of benzene rings is 3. The molecule has 0 spiro atoms. The molecular weight excluding hydrogens is 402 g/mol. The molecule has 0 aliphatic rings. The van der Waals surface area contributed by atoms with E-state index in [1.807, 2.05) is 34.9 Å². The van der Waals surface area contributed by atoms with Crippen molar-refractivity contribution in [2.75, 3.05) is 7.11 Å². The predicted molar refractivity (Wildman–Crippen MR) is 117 cm³/mol. The van der Waals surface area contributed by atoms with Crippen molar-refractivity contribution in [2.45, 2.75) is 6.54 Å². The molecule has 1 amide bonds. The summed E-state index contributed by atoms with van der Waals surface area (Å²) in [6, 6.07) is 15.8. The van der Waals surface area contributed by atoms with E-state index in [0.717, 1.165) is 16.3 Å². The molecule has 1 aromatic heterocycles. The largest absolute Gasteiger partial charge is 0.496 e. The molecule has 8 heteroatoms. The van der Waals surface area contributed by atoms with Gasteiger partial charge in [-0.05, 0) is 29.0 Å². The fourth-order valence-corrected chi connectivity index (χ4v) is 4.34. The van der Waals surface area contributed by atoms with E-state index in [1.165, 1.54) is 30.6 Å². The number of rotatable bonds is 5. The Kier molecular flexibility index (Phi) is 5.16. The van der Waals surface area contributed by atoms with Crippen LogP contribution >= 0.6 is 11.3 Å². The molecule has 4 aromatic rings. The van der Waals surface area contributed by atoms with Crippen LogP contribution in [0.15, 0.2) is 72.2 Å². The lowest BCUT2D eigenvalue weighted by Crippen LogP contribution is -2.16. The summed E-state index contributed by atoms with van der Waals surface area (Å²) in [7, 11) is 1.51. The number of nitro benzene ring substituents is 1. The van der Waals surface area contributed by atoms with Gasteiger partial charge in [0.15, 0.2) is 4.80 Å². The summed E-state index contributed by atoms with van der Waals surface area (Å²) in [6.07, 6.45) is 1.69. The zero-order valence-corrected chi connectivity index (χ0v) is 16.9. The van der Waals surface area contributed by atoms with Crippen LogP contribution in [0, 0.1) is 10.1 Å². The first-order valence-electron chi connectivity index (χ1n) is 9.06. The molecule has 0 atom stereocenters. The van der Waals surface area contributed by atoms with Crippen LogP contribution in [-0.4, -0.2) is 22.5 Å². The van der Waals surface area contributed by atoms with Gasteiger partial charge in [-0.15, -0.1) is 6.58 Å². The second-order valence-corrected chi connectivity index (χ2v) is 7.52. The Morgan fingerprint density at radius 1 is 1.23 bits per heavy atom. The molecule has 7 nitrogen and oxygen atoms in total. The number of allylic oxidation sites excluding steroid dienone is 1. The van der Waals surface area contributed by atoms with Gasteiger partial charge in [0.2, 0.25) is 0 Å². The molecule has 4 rings (SSSR count). The van der Waals surface area contributed by atoms with Crippen LogP contribution in [0.1, 0.15) is 10.4 Å². The maximum absolute atomic E-state index is 13.1. The summed E-state index contributed by atoms with van der Waals surface area (Å²) in [5.74, 6) is -0.00839. The van der Waals surface area contributed by atoms with E-state index in [1.54, 1.807) is 18.2 Å². The van der Waals surface area contributed by atoms with E-state index >= 15 is 0 Å². The Morgan fingerprint density at radius 3 is 2.63 bits per heavy atom. The van der Waals surface area contributed by atoms with Crippen LogP contribution in [0.2, 0.25) is 0 Å². The Balaban J connectivity index is 1.89. The highest BCUT2D eigenvalue weighted by molar-refractivity contribution is 7.16. The molecule has 0 unspecified atom stereocenters. The summed E-state index contributed by atoms with van der Waals surface area (Å²) in [4.78, 5) is 28.5. The van der Waals surface area contributed by atoms with Crippen LogP contribution in [0.4, 0.5) is 5.69 Å². The van der Waals surface area contributed by atoms with Crippen molar-refractivity contribution in [1.29, 1.82) is 0 Å². The maximum Gasteiger partial charge on any atom is 0.283 e. The van der Waals surface area contributed by atoms with Crippen LogP contribution in [0.5, 0.6) is 5.75 Å². The summed E-state index contributed by atoms with van der Waals surface area (Å²) in [5, 5.41) is 13.0. The first kappa shape index (κ1) is 19.5. The van der Waals surface area contributed by atoms with Crippen molar-refractivity contribution < 1.29 is 14.5 Å². The SMILES string of the molecule is C=CCn1c(=NC(=O)c2cc3ccccc3cc2OC)sc2cc([N+](=O)[O-])ccc21. The lowest BCUT2D eigenvalue weighted by atomic mass is 10.1. The highest BCUT2D eigenvalue weighted by atomic mass is 32.1. The number of methoxy groups -OCH3 is 1. The van der Waals surface area contributed by atoms with Gasteiger partial charge in [0.05, 0.1) is 27.8 Å². The number of aromatic nitrogens is 1. The van der Waals surface area contributed by atoms with Gasteiger partial charge < -0.3 is 9.30 Å². The highest BCUT2D eigenvalue weighted by Crippen LogP contribution is 2.27. The van der Waals surface area contributed by atoms with E-state index < -0.39 is 10.8 Å². The summed E-state index contributed by atoms with van der Waals surface area (Å²) in [5.41, 5.74) is 1.09. The number of fused-ring (bicyclic) bond motifs is 2. The molecule has 0 fully saturated rings. The number of thiazole rings is 1. The van der Waals surface area contributed by atoms with Crippen LogP contribution in [0.25, 0.3) is 21.0 Å². The fraction of sp³-hybridized carbons (Fsp3) is 0.0909. The van der Waals surface area contributed by atoms with Crippen molar-refractivity contribution in [1.82, 2.24) is 4.57 Å². The average molecular weight is 419 g/mol. The predicted octanol–water partition coefficient (Wildman–Crippen LogP) is 4.70. The molecule has 0 aliphatic heterocycles. The molecule has 0 bridgehead atoms. The zero-order valence-electron chi connectivity index (χ0n) is 16.1. The first-order valence-corrected chi connectivity index (χ1v) is 9.88. The molecule has 0 N–H and O–H groups in total. The van der Waals surface area contributed by atoms with Crippen LogP contribution in [-0.2, 0) is 6.54 Å². The quantitative estimate of drug-likeness (QED) is 0.267. The Labute approximate surface area is 175 Å². The molecule has 150 valence electrons. The van der Waals surface area contributed by atoms with Crippen molar-refractivity contribution in [2.24, 2.45) is 4.99 Å². The third kappa shape index (κ3) is 3.48. The number of hydrogen-bond acceptors (Lipinski definition) is 5. The number of nitrogens with zero attached hydrogens (tertiary/aromatic N) is 3. The van der Waals surface area contributed by atoms with Crippen molar-refractivity contribution >= 4 is 43.9 Å². The molecule has 30 heavy (non-hydrogen) atoms. The van der Waals surface area contributed by atoms with E-state index in [2.05, 4.69) is 11.6 Å². The standard InChI is InChI=1S/C22H17N3O4S/c1-3-10-24-18-9-8-16(25(27)28)13-20(18)30-22(24)23-21(26)17-11-14-6-4-5-7-15(14)12-19(17)29-2/h3-9,11-13H,1,10H2,2H3.